The Morgan fingerprint density at radius 1 is 0.756 bits per heavy atom. The van der Waals surface area contributed by atoms with Crippen molar-refractivity contribution in [3.63, 3.8) is 0 Å². The number of aliphatic hydroxyl groups excluding tert-OH is 1. The Bertz CT molecular complexity index is 1240. The molecule has 0 aromatic heterocycles. The van der Waals surface area contributed by atoms with Gasteiger partial charge in [0.25, 0.3) is 0 Å². The summed E-state index contributed by atoms with van der Waals surface area (Å²) in [6.07, 6.45) is 36.7. The molecule has 0 bridgehead atoms. The lowest BCUT2D eigenvalue weighted by Crippen LogP contribution is -2.34. The van der Waals surface area contributed by atoms with Crippen molar-refractivity contribution in [2.24, 2.45) is 16.7 Å². The molecule has 0 unspecified atom stereocenters. The summed E-state index contributed by atoms with van der Waals surface area (Å²) in [5.74, 6) is 0.524. The zero-order valence-corrected chi connectivity index (χ0v) is 27.6. The van der Waals surface area contributed by atoms with Crippen LogP contribution in [0.15, 0.2) is 130 Å². The largest absolute Gasteiger partial charge is 0.392 e. The standard InChI is InChI=1S/C40H56O/c1-30(18-13-20-32(3)23-26-36-34(5)22-15-29-39(36,7)8)16-11-12-17-31(2)19-14-21-33(4)24-27-37-35(6)25-28-38(41)40(37,9)10/h11-14,16-24,26-27,36,38,41H,15,25,28-29H2,1-10H3/b12-11+,18-13+,19-14+,26-23+,27-24+,30-16+,31-17+,32-20+,33-21+/t36-,38+/m0/s1. The van der Waals surface area contributed by atoms with Crippen molar-refractivity contribution in [1.29, 1.82) is 0 Å². The van der Waals surface area contributed by atoms with Crippen molar-refractivity contribution in [1.82, 2.24) is 0 Å². The van der Waals surface area contributed by atoms with E-state index in [0.717, 1.165) is 12.8 Å². The van der Waals surface area contributed by atoms with Gasteiger partial charge in [0.05, 0.1) is 6.10 Å². The SMILES string of the molecule is CC1=CCCC(C)(C)[C@H]1/C=C/C(C)=C/C=C/C(C)=C/C=C/C=C(C)/C=C/C=C(C)/C=C/C1=C(C)CC[C@@H](O)C1(C)C. The van der Waals surface area contributed by atoms with Gasteiger partial charge < -0.3 is 5.11 Å². The van der Waals surface area contributed by atoms with E-state index in [9.17, 15) is 5.11 Å². The van der Waals surface area contributed by atoms with Crippen LogP contribution in [0.4, 0.5) is 0 Å². The molecule has 0 aliphatic heterocycles. The van der Waals surface area contributed by atoms with Crippen LogP contribution in [0.5, 0.6) is 0 Å². The van der Waals surface area contributed by atoms with E-state index >= 15 is 0 Å². The molecule has 2 atom stereocenters. The van der Waals surface area contributed by atoms with Gasteiger partial charge in [-0.25, -0.2) is 0 Å². The fraction of sp³-hybridized carbons (Fsp3) is 0.450. The minimum Gasteiger partial charge on any atom is -0.392 e. The first kappa shape index (κ1) is 34.3. The highest BCUT2D eigenvalue weighted by molar-refractivity contribution is 5.38. The van der Waals surface area contributed by atoms with Gasteiger partial charge in [-0.1, -0.05) is 152 Å². The Balaban J connectivity index is 1.89. The highest BCUT2D eigenvalue weighted by atomic mass is 16.3. The zero-order chi connectivity index (χ0) is 30.6. The second-order valence-corrected chi connectivity index (χ2v) is 13.4. The lowest BCUT2D eigenvalue weighted by atomic mass is 9.68. The van der Waals surface area contributed by atoms with E-state index in [4.69, 9.17) is 0 Å². The quantitative estimate of drug-likeness (QED) is 0.211. The van der Waals surface area contributed by atoms with Crippen LogP contribution in [0.2, 0.25) is 0 Å². The monoisotopic (exact) mass is 552 g/mol. The maximum absolute atomic E-state index is 10.4. The molecule has 1 nitrogen and oxygen atoms in total. The van der Waals surface area contributed by atoms with Crippen molar-refractivity contribution in [3.05, 3.63) is 130 Å². The second kappa shape index (κ2) is 15.9. The van der Waals surface area contributed by atoms with Gasteiger partial charge in [-0.15, -0.1) is 0 Å². The van der Waals surface area contributed by atoms with Crippen LogP contribution in [-0.4, -0.2) is 11.2 Å². The fourth-order valence-corrected chi connectivity index (χ4v) is 5.72. The average Bonchev–Trinajstić information content (AvgIpc) is 2.88. The summed E-state index contributed by atoms with van der Waals surface area (Å²) in [5.41, 5.74) is 9.16. The number of rotatable bonds is 10. The molecule has 0 heterocycles. The summed E-state index contributed by atoms with van der Waals surface area (Å²) in [6.45, 7) is 22.0. The normalized spacial score (nSPS) is 25.1. The second-order valence-electron chi connectivity index (χ2n) is 13.4. The third-order valence-corrected chi connectivity index (χ3v) is 8.70. The summed E-state index contributed by atoms with van der Waals surface area (Å²) in [6, 6.07) is 0. The van der Waals surface area contributed by atoms with E-state index in [1.165, 1.54) is 51.9 Å². The molecule has 0 radical (unpaired) electrons. The first-order chi connectivity index (χ1) is 19.2. The predicted molar refractivity (Wildman–Crippen MR) is 183 cm³/mol. The van der Waals surface area contributed by atoms with E-state index in [1.807, 2.05) is 0 Å². The van der Waals surface area contributed by atoms with Crippen molar-refractivity contribution in [2.75, 3.05) is 0 Å². The maximum atomic E-state index is 10.4. The van der Waals surface area contributed by atoms with Crippen molar-refractivity contribution < 1.29 is 5.11 Å². The number of hydrogen-bond donors (Lipinski definition) is 1. The lowest BCUT2D eigenvalue weighted by molar-refractivity contribution is 0.0607. The van der Waals surface area contributed by atoms with Gasteiger partial charge in [0.1, 0.15) is 0 Å². The third kappa shape index (κ3) is 11.1. The first-order valence-corrected chi connectivity index (χ1v) is 15.4. The third-order valence-electron chi connectivity index (χ3n) is 8.70. The number of hydrogen-bond acceptors (Lipinski definition) is 1. The molecule has 41 heavy (non-hydrogen) atoms. The summed E-state index contributed by atoms with van der Waals surface area (Å²) in [7, 11) is 0. The van der Waals surface area contributed by atoms with Crippen LogP contribution in [0.1, 0.15) is 94.9 Å². The Morgan fingerprint density at radius 2 is 1.27 bits per heavy atom. The summed E-state index contributed by atoms with van der Waals surface area (Å²) in [4.78, 5) is 0. The molecule has 1 heteroatoms. The van der Waals surface area contributed by atoms with Gasteiger partial charge >= 0.3 is 0 Å². The summed E-state index contributed by atoms with van der Waals surface area (Å²) < 4.78 is 0. The van der Waals surface area contributed by atoms with Crippen LogP contribution >= 0.6 is 0 Å². The van der Waals surface area contributed by atoms with Gasteiger partial charge in [0, 0.05) is 11.3 Å². The molecule has 0 saturated carbocycles. The Labute approximate surface area is 252 Å². The smallest absolute Gasteiger partial charge is 0.0634 e. The first-order valence-electron chi connectivity index (χ1n) is 15.4. The Hall–Kier alpha value is -2.90. The van der Waals surface area contributed by atoms with Crippen LogP contribution in [-0.2, 0) is 0 Å². The minimum absolute atomic E-state index is 0.195. The summed E-state index contributed by atoms with van der Waals surface area (Å²) >= 11 is 0. The molecule has 2 rings (SSSR count). The van der Waals surface area contributed by atoms with Gasteiger partial charge in [-0.2, -0.15) is 0 Å². The van der Waals surface area contributed by atoms with Gasteiger partial charge in [-0.05, 0) is 78.2 Å². The van der Waals surface area contributed by atoms with Crippen molar-refractivity contribution in [2.45, 2.75) is 101 Å². The molecule has 222 valence electrons. The van der Waals surface area contributed by atoms with Gasteiger partial charge in [0.15, 0.2) is 0 Å². The average molecular weight is 553 g/mol. The molecular weight excluding hydrogens is 496 g/mol. The van der Waals surface area contributed by atoms with Crippen LogP contribution in [0.3, 0.4) is 0 Å². The maximum Gasteiger partial charge on any atom is 0.0634 e. The van der Waals surface area contributed by atoms with E-state index in [1.54, 1.807) is 0 Å². The van der Waals surface area contributed by atoms with Crippen molar-refractivity contribution in [3.8, 4) is 0 Å². The molecule has 0 amide bonds. The van der Waals surface area contributed by atoms with E-state index in [0.29, 0.717) is 11.3 Å². The van der Waals surface area contributed by atoms with E-state index < -0.39 is 0 Å². The van der Waals surface area contributed by atoms with E-state index in [-0.39, 0.29) is 11.5 Å². The molecule has 0 saturated heterocycles. The molecule has 2 aliphatic rings. The molecule has 2 aliphatic carbocycles. The molecule has 0 aromatic carbocycles. The highest BCUT2D eigenvalue weighted by Crippen LogP contribution is 2.42. The molecular formula is C40H56O. The molecule has 1 N–H and O–H groups in total. The van der Waals surface area contributed by atoms with E-state index in [2.05, 4.69) is 160 Å². The van der Waals surface area contributed by atoms with Crippen molar-refractivity contribution >= 4 is 0 Å². The fourth-order valence-electron chi connectivity index (χ4n) is 5.72. The van der Waals surface area contributed by atoms with Gasteiger partial charge in [0.2, 0.25) is 0 Å². The zero-order valence-electron chi connectivity index (χ0n) is 27.6. The number of aliphatic hydroxyl groups is 1. The Kier molecular flexibility index (Phi) is 13.3. The number of allylic oxidation sites excluding steroid dienone is 21. The Morgan fingerprint density at radius 3 is 1.83 bits per heavy atom. The van der Waals surface area contributed by atoms with Crippen LogP contribution in [0, 0.1) is 16.7 Å². The highest BCUT2D eigenvalue weighted by Gasteiger charge is 2.35. The van der Waals surface area contributed by atoms with Crippen LogP contribution in [0.25, 0.3) is 0 Å². The molecule has 0 aromatic rings. The predicted octanol–water partition coefficient (Wildman–Crippen LogP) is 11.4. The molecule has 0 fully saturated rings. The lowest BCUT2D eigenvalue weighted by Gasteiger charge is -2.37. The topological polar surface area (TPSA) is 20.2 Å². The molecule has 0 spiro atoms. The van der Waals surface area contributed by atoms with Crippen LogP contribution < -0.4 is 0 Å². The van der Waals surface area contributed by atoms with Gasteiger partial charge in [-0.3, -0.25) is 0 Å². The summed E-state index contributed by atoms with van der Waals surface area (Å²) in [5, 5.41) is 10.4. The minimum atomic E-state index is -0.278.